The van der Waals surface area contributed by atoms with Crippen LogP contribution in [0.5, 0.6) is 0 Å². The van der Waals surface area contributed by atoms with Gasteiger partial charge in [-0.05, 0) is 25.3 Å². The van der Waals surface area contributed by atoms with Crippen molar-refractivity contribution in [1.29, 1.82) is 0 Å². The van der Waals surface area contributed by atoms with Gasteiger partial charge in [-0.1, -0.05) is 29.8 Å². The van der Waals surface area contributed by atoms with Crippen molar-refractivity contribution in [1.82, 2.24) is 4.90 Å². The van der Waals surface area contributed by atoms with E-state index in [1.165, 1.54) is 11.1 Å². The van der Waals surface area contributed by atoms with Gasteiger partial charge in [-0.2, -0.15) is 0 Å². The van der Waals surface area contributed by atoms with E-state index in [1.54, 1.807) is 11.8 Å². The fourth-order valence-corrected chi connectivity index (χ4v) is 4.09. The first kappa shape index (κ1) is 16.8. The van der Waals surface area contributed by atoms with Crippen molar-refractivity contribution in [3.8, 4) is 0 Å². The molecule has 23 heavy (non-hydrogen) atoms. The monoisotopic (exact) mass is 335 g/mol. The average molecular weight is 335 g/mol. The van der Waals surface area contributed by atoms with Crippen LogP contribution in [0.3, 0.4) is 0 Å². The van der Waals surface area contributed by atoms with Gasteiger partial charge >= 0.3 is 0 Å². The summed E-state index contributed by atoms with van der Waals surface area (Å²) in [4.78, 5) is 14.3. The summed E-state index contributed by atoms with van der Waals surface area (Å²) in [6, 6.07) is 8.48. The summed E-state index contributed by atoms with van der Waals surface area (Å²) in [6.07, 6.45) is 1.93. The second-order valence-electron chi connectivity index (χ2n) is 6.31. The Bertz CT molecular complexity index is 523. The molecule has 126 valence electrons. The lowest BCUT2D eigenvalue weighted by atomic mass is 9.96. The van der Waals surface area contributed by atoms with Gasteiger partial charge in [-0.25, -0.2) is 0 Å². The van der Waals surface area contributed by atoms with Gasteiger partial charge in [-0.3, -0.25) is 4.79 Å². The number of hydrogen-bond donors (Lipinski definition) is 0. The number of carbonyl (C=O) groups excluding carboxylic acids is 1. The quantitative estimate of drug-likeness (QED) is 0.829. The summed E-state index contributed by atoms with van der Waals surface area (Å²) in [5.74, 6) is 2.17. The lowest BCUT2D eigenvalue weighted by molar-refractivity contribution is -0.134. The van der Waals surface area contributed by atoms with E-state index in [2.05, 4.69) is 31.2 Å². The molecule has 2 aliphatic rings. The first-order valence-electron chi connectivity index (χ1n) is 8.36. The summed E-state index contributed by atoms with van der Waals surface area (Å²) in [7, 11) is 0. The molecule has 2 fully saturated rings. The largest absolute Gasteiger partial charge is 0.350 e. The van der Waals surface area contributed by atoms with Crippen molar-refractivity contribution in [3.05, 3.63) is 35.4 Å². The summed E-state index contributed by atoms with van der Waals surface area (Å²) in [5.41, 5.74) is 2.56. The van der Waals surface area contributed by atoms with Crippen LogP contribution in [0, 0.1) is 12.8 Å². The van der Waals surface area contributed by atoms with Gasteiger partial charge in [0.05, 0.1) is 19.0 Å². The Kier molecular flexibility index (Phi) is 5.97. The number of piperidine rings is 1. The van der Waals surface area contributed by atoms with Gasteiger partial charge in [-0.15, -0.1) is 11.8 Å². The highest BCUT2D eigenvalue weighted by Crippen LogP contribution is 2.26. The topological polar surface area (TPSA) is 38.8 Å². The number of amides is 1. The van der Waals surface area contributed by atoms with E-state index in [9.17, 15) is 4.79 Å². The van der Waals surface area contributed by atoms with Crippen LogP contribution < -0.4 is 0 Å². The van der Waals surface area contributed by atoms with E-state index in [4.69, 9.17) is 9.47 Å². The van der Waals surface area contributed by atoms with E-state index >= 15 is 0 Å². The van der Waals surface area contributed by atoms with Crippen molar-refractivity contribution in [2.75, 3.05) is 32.1 Å². The third-order valence-electron chi connectivity index (χ3n) is 4.50. The maximum absolute atomic E-state index is 12.3. The SMILES string of the molecule is Cc1cccc(CSCC(=O)N2CCC(C3OCCO3)CC2)c1. The first-order chi connectivity index (χ1) is 11.2. The van der Waals surface area contributed by atoms with Crippen LogP contribution in [0.15, 0.2) is 24.3 Å². The van der Waals surface area contributed by atoms with E-state index in [-0.39, 0.29) is 12.2 Å². The van der Waals surface area contributed by atoms with Crippen LogP contribution in [0.25, 0.3) is 0 Å². The second-order valence-corrected chi connectivity index (χ2v) is 7.30. The maximum atomic E-state index is 12.3. The highest BCUT2D eigenvalue weighted by Gasteiger charge is 2.31. The number of carbonyl (C=O) groups is 1. The molecule has 0 radical (unpaired) electrons. The molecule has 2 heterocycles. The standard InChI is InChI=1S/C18H25NO3S/c1-14-3-2-4-15(11-14)12-23-13-17(20)19-7-5-16(6-8-19)18-21-9-10-22-18/h2-4,11,16,18H,5-10,12-13H2,1H3. The Morgan fingerprint density at radius 2 is 2.00 bits per heavy atom. The predicted octanol–water partition coefficient (Wildman–Crippen LogP) is 2.84. The molecule has 0 saturated carbocycles. The van der Waals surface area contributed by atoms with Crippen molar-refractivity contribution in [3.63, 3.8) is 0 Å². The van der Waals surface area contributed by atoms with Gasteiger partial charge in [0, 0.05) is 24.8 Å². The number of aryl methyl sites for hydroxylation is 1. The molecule has 1 aromatic carbocycles. The lowest BCUT2D eigenvalue weighted by Crippen LogP contribution is -2.42. The molecule has 2 saturated heterocycles. The number of rotatable bonds is 5. The number of thioether (sulfide) groups is 1. The predicted molar refractivity (Wildman–Crippen MR) is 92.3 cm³/mol. The molecule has 1 aromatic rings. The number of likely N-dealkylation sites (tertiary alicyclic amines) is 1. The zero-order chi connectivity index (χ0) is 16.1. The second kappa shape index (κ2) is 8.18. The molecule has 0 bridgehead atoms. The minimum atomic E-state index is -0.0389. The molecule has 2 aliphatic heterocycles. The first-order valence-corrected chi connectivity index (χ1v) is 9.52. The highest BCUT2D eigenvalue weighted by molar-refractivity contribution is 7.99. The van der Waals surface area contributed by atoms with Gasteiger partial charge in [0.15, 0.2) is 6.29 Å². The summed E-state index contributed by atoms with van der Waals surface area (Å²) in [5, 5.41) is 0. The van der Waals surface area contributed by atoms with Gasteiger partial charge in [0.25, 0.3) is 0 Å². The summed E-state index contributed by atoms with van der Waals surface area (Å²) in [6.45, 7) is 5.18. The minimum Gasteiger partial charge on any atom is -0.350 e. The molecular weight excluding hydrogens is 310 g/mol. The van der Waals surface area contributed by atoms with Crippen molar-refractivity contribution >= 4 is 17.7 Å². The Hall–Kier alpha value is -1.04. The Morgan fingerprint density at radius 3 is 2.70 bits per heavy atom. The number of ether oxygens (including phenoxy) is 2. The molecule has 0 atom stereocenters. The fourth-order valence-electron chi connectivity index (χ4n) is 3.22. The van der Waals surface area contributed by atoms with E-state index in [1.807, 2.05) is 4.90 Å². The smallest absolute Gasteiger partial charge is 0.232 e. The molecule has 0 aromatic heterocycles. The number of hydrogen-bond acceptors (Lipinski definition) is 4. The number of nitrogens with zero attached hydrogens (tertiary/aromatic N) is 1. The molecule has 0 aliphatic carbocycles. The molecular formula is C18H25NO3S. The summed E-state index contributed by atoms with van der Waals surface area (Å²) >= 11 is 1.70. The summed E-state index contributed by atoms with van der Waals surface area (Å²) < 4.78 is 11.2. The molecule has 5 heteroatoms. The lowest BCUT2D eigenvalue weighted by Gasteiger charge is -2.33. The zero-order valence-corrected chi connectivity index (χ0v) is 14.5. The van der Waals surface area contributed by atoms with Gasteiger partial charge in [0.2, 0.25) is 5.91 Å². The molecule has 0 unspecified atom stereocenters. The molecule has 0 N–H and O–H groups in total. The Morgan fingerprint density at radius 1 is 1.26 bits per heavy atom. The Labute approximate surface area is 142 Å². The normalized spacial score (nSPS) is 20.1. The third-order valence-corrected chi connectivity index (χ3v) is 5.49. The molecule has 4 nitrogen and oxygen atoms in total. The van der Waals surface area contributed by atoms with E-state index in [0.29, 0.717) is 24.9 Å². The van der Waals surface area contributed by atoms with Crippen LogP contribution in [0.2, 0.25) is 0 Å². The van der Waals surface area contributed by atoms with E-state index in [0.717, 1.165) is 31.7 Å². The van der Waals surface area contributed by atoms with Crippen molar-refractivity contribution < 1.29 is 14.3 Å². The van der Waals surface area contributed by atoms with Crippen LogP contribution in [-0.2, 0) is 20.0 Å². The van der Waals surface area contributed by atoms with Crippen molar-refractivity contribution in [2.45, 2.75) is 31.8 Å². The molecule has 1 amide bonds. The molecule has 3 rings (SSSR count). The minimum absolute atomic E-state index is 0.0389. The van der Waals surface area contributed by atoms with Crippen LogP contribution in [0.4, 0.5) is 0 Å². The Balaban J connectivity index is 1.37. The number of benzene rings is 1. The molecule has 0 spiro atoms. The highest BCUT2D eigenvalue weighted by atomic mass is 32.2. The maximum Gasteiger partial charge on any atom is 0.232 e. The third kappa shape index (κ3) is 4.72. The van der Waals surface area contributed by atoms with Gasteiger partial charge in [0.1, 0.15) is 0 Å². The fraction of sp³-hybridized carbons (Fsp3) is 0.611. The van der Waals surface area contributed by atoms with Crippen molar-refractivity contribution in [2.24, 2.45) is 5.92 Å². The van der Waals surface area contributed by atoms with Crippen LogP contribution in [-0.4, -0.2) is 49.2 Å². The average Bonchev–Trinajstić information content (AvgIpc) is 3.09. The van der Waals surface area contributed by atoms with Crippen LogP contribution >= 0.6 is 11.8 Å². The van der Waals surface area contributed by atoms with E-state index < -0.39 is 0 Å². The zero-order valence-electron chi connectivity index (χ0n) is 13.7. The van der Waals surface area contributed by atoms with Crippen LogP contribution in [0.1, 0.15) is 24.0 Å². The van der Waals surface area contributed by atoms with Gasteiger partial charge < -0.3 is 14.4 Å².